The highest BCUT2D eigenvalue weighted by molar-refractivity contribution is 7.17. The van der Waals surface area contributed by atoms with E-state index in [1.54, 1.807) is 6.92 Å². The van der Waals surface area contributed by atoms with Gasteiger partial charge in [0.1, 0.15) is 9.88 Å². The van der Waals surface area contributed by atoms with Crippen molar-refractivity contribution in [1.82, 2.24) is 9.55 Å². The van der Waals surface area contributed by atoms with E-state index in [2.05, 4.69) is 42.5 Å². The second-order valence-corrected chi connectivity index (χ2v) is 6.91. The lowest BCUT2D eigenvalue weighted by Gasteiger charge is -2.12. The van der Waals surface area contributed by atoms with Crippen molar-refractivity contribution in [3.05, 3.63) is 40.5 Å². The lowest BCUT2D eigenvalue weighted by Crippen LogP contribution is -2.03. The van der Waals surface area contributed by atoms with Crippen molar-refractivity contribution in [1.29, 1.82) is 0 Å². The number of carboxylic acids is 1. The average molecular weight is 328 g/mol. The number of aromatic nitrogens is 2. The Hall–Kier alpha value is -2.14. The summed E-state index contributed by atoms with van der Waals surface area (Å²) in [5.41, 5.74) is 4.07. The molecule has 1 N–H and O–H groups in total. The molecule has 4 nitrogen and oxygen atoms in total. The van der Waals surface area contributed by atoms with Gasteiger partial charge in [-0.3, -0.25) is 0 Å². The molecule has 5 heteroatoms. The van der Waals surface area contributed by atoms with Gasteiger partial charge in [0, 0.05) is 28.7 Å². The van der Waals surface area contributed by atoms with Crippen molar-refractivity contribution in [2.75, 3.05) is 0 Å². The molecule has 0 fully saturated rings. The van der Waals surface area contributed by atoms with E-state index in [0.29, 0.717) is 16.5 Å². The highest BCUT2D eigenvalue weighted by Gasteiger charge is 2.24. The van der Waals surface area contributed by atoms with Crippen molar-refractivity contribution >= 4 is 28.2 Å². The maximum atomic E-state index is 11.4. The van der Waals surface area contributed by atoms with Crippen molar-refractivity contribution in [3.63, 3.8) is 0 Å². The lowest BCUT2D eigenvalue weighted by molar-refractivity contribution is 0.0701. The van der Waals surface area contributed by atoms with Crippen molar-refractivity contribution in [3.8, 4) is 10.6 Å². The van der Waals surface area contributed by atoms with E-state index in [0.717, 1.165) is 22.5 Å². The monoisotopic (exact) mass is 328 g/mol. The Kier molecular flexibility index (Phi) is 3.98. The first kappa shape index (κ1) is 15.7. The maximum Gasteiger partial charge on any atom is 0.347 e. The standard InChI is InChI=1S/C18H20N2O2S/c1-5-20-13-9-7-6-8-12(13)14(15(20)10(2)3)17-19-11(4)16(23-17)18(21)22/h6-10H,5H2,1-4H3,(H,21,22). The zero-order chi connectivity index (χ0) is 16.7. The van der Waals surface area contributed by atoms with Crippen LogP contribution in [0.15, 0.2) is 24.3 Å². The van der Waals surface area contributed by atoms with Crippen LogP contribution in [0.25, 0.3) is 21.5 Å². The van der Waals surface area contributed by atoms with Gasteiger partial charge in [-0.2, -0.15) is 0 Å². The minimum atomic E-state index is -0.906. The molecule has 0 amide bonds. The van der Waals surface area contributed by atoms with Crippen LogP contribution in [-0.2, 0) is 6.54 Å². The number of para-hydroxylation sites is 1. The SMILES string of the molecule is CCn1c(C(C)C)c(-c2nc(C)c(C(=O)O)s2)c2ccccc21. The highest BCUT2D eigenvalue weighted by Crippen LogP contribution is 2.41. The number of carbonyl (C=O) groups is 1. The van der Waals surface area contributed by atoms with Crippen LogP contribution in [0.4, 0.5) is 0 Å². The summed E-state index contributed by atoms with van der Waals surface area (Å²) >= 11 is 1.27. The minimum Gasteiger partial charge on any atom is -0.477 e. The molecule has 0 saturated heterocycles. The third kappa shape index (κ3) is 2.45. The third-order valence-electron chi connectivity index (χ3n) is 4.08. The van der Waals surface area contributed by atoms with Gasteiger partial charge in [-0.25, -0.2) is 9.78 Å². The van der Waals surface area contributed by atoms with E-state index in [1.165, 1.54) is 22.5 Å². The number of rotatable bonds is 4. The fraction of sp³-hybridized carbons (Fsp3) is 0.333. The van der Waals surface area contributed by atoms with Gasteiger partial charge < -0.3 is 9.67 Å². The molecule has 3 rings (SSSR count). The summed E-state index contributed by atoms with van der Waals surface area (Å²) in [7, 11) is 0. The smallest absolute Gasteiger partial charge is 0.347 e. The second kappa shape index (κ2) is 5.81. The largest absolute Gasteiger partial charge is 0.477 e. The molecular weight excluding hydrogens is 308 g/mol. The average Bonchev–Trinajstić information content (AvgIpc) is 3.04. The zero-order valence-corrected chi connectivity index (χ0v) is 14.6. The van der Waals surface area contributed by atoms with Crippen LogP contribution in [0, 0.1) is 6.92 Å². The molecule has 0 aliphatic rings. The van der Waals surface area contributed by atoms with E-state index >= 15 is 0 Å². The molecule has 2 heterocycles. The summed E-state index contributed by atoms with van der Waals surface area (Å²) in [5.74, 6) is -0.577. The number of aryl methyl sites for hydroxylation is 2. The van der Waals surface area contributed by atoms with E-state index < -0.39 is 5.97 Å². The number of thiazole rings is 1. The Morgan fingerprint density at radius 1 is 1.35 bits per heavy atom. The first-order valence-electron chi connectivity index (χ1n) is 7.77. The van der Waals surface area contributed by atoms with Gasteiger partial charge in [0.15, 0.2) is 0 Å². The summed E-state index contributed by atoms with van der Waals surface area (Å²) in [5, 5.41) is 11.3. The predicted octanol–water partition coefficient (Wildman–Crippen LogP) is 4.91. The van der Waals surface area contributed by atoms with Crippen molar-refractivity contribution in [2.24, 2.45) is 0 Å². The van der Waals surface area contributed by atoms with Crippen LogP contribution < -0.4 is 0 Å². The minimum absolute atomic E-state index is 0.322. The van der Waals surface area contributed by atoms with Crippen LogP contribution in [0.2, 0.25) is 0 Å². The molecule has 0 spiro atoms. The van der Waals surface area contributed by atoms with Crippen LogP contribution in [0.1, 0.15) is 47.7 Å². The molecule has 3 aromatic rings. The molecule has 0 aliphatic carbocycles. The number of hydrogen-bond donors (Lipinski definition) is 1. The Balaban J connectivity index is 2.38. The third-order valence-corrected chi connectivity index (χ3v) is 5.24. The van der Waals surface area contributed by atoms with E-state index in [9.17, 15) is 9.90 Å². The van der Waals surface area contributed by atoms with Gasteiger partial charge in [0.25, 0.3) is 0 Å². The molecular formula is C18H20N2O2S. The number of aromatic carboxylic acids is 1. The van der Waals surface area contributed by atoms with E-state index in [-0.39, 0.29) is 0 Å². The quantitative estimate of drug-likeness (QED) is 0.740. The highest BCUT2D eigenvalue weighted by atomic mass is 32.1. The predicted molar refractivity (Wildman–Crippen MR) is 94.5 cm³/mol. The van der Waals surface area contributed by atoms with E-state index in [1.807, 2.05) is 12.1 Å². The summed E-state index contributed by atoms with van der Waals surface area (Å²) in [6.07, 6.45) is 0. The van der Waals surface area contributed by atoms with Gasteiger partial charge in [-0.1, -0.05) is 32.0 Å². The Morgan fingerprint density at radius 2 is 2.04 bits per heavy atom. The van der Waals surface area contributed by atoms with Crippen molar-refractivity contribution < 1.29 is 9.90 Å². The molecule has 0 bridgehead atoms. The summed E-state index contributed by atoms with van der Waals surface area (Å²) < 4.78 is 2.31. The number of nitrogens with zero attached hydrogens (tertiary/aromatic N) is 2. The van der Waals surface area contributed by atoms with Gasteiger partial charge in [0.05, 0.1) is 5.69 Å². The maximum absolute atomic E-state index is 11.4. The van der Waals surface area contributed by atoms with Gasteiger partial charge >= 0.3 is 5.97 Å². The van der Waals surface area contributed by atoms with E-state index in [4.69, 9.17) is 0 Å². The van der Waals surface area contributed by atoms with Gasteiger partial charge in [-0.15, -0.1) is 11.3 Å². The van der Waals surface area contributed by atoms with Crippen LogP contribution in [0.3, 0.4) is 0 Å². The topological polar surface area (TPSA) is 55.1 Å². The molecule has 23 heavy (non-hydrogen) atoms. The first-order chi connectivity index (χ1) is 11.0. The summed E-state index contributed by atoms with van der Waals surface area (Å²) in [6, 6.07) is 8.28. The molecule has 0 radical (unpaired) electrons. The molecule has 1 aromatic carbocycles. The Bertz CT molecular complexity index is 890. The van der Waals surface area contributed by atoms with Crippen LogP contribution in [-0.4, -0.2) is 20.6 Å². The molecule has 0 saturated carbocycles. The summed E-state index contributed by atoms with van der Waals surface area (Å²) in [6.45, 7) is 9.12. The number of hydrogen-bond acceptors (Lipinski definition) is 3. The molecule has 0 atom stereocenters. The molecule has 2 aromatic heterocycles. The number of fused-ring (bicyclic) bond motifs is 1. The molecule has 0 unspecified atom stereocenters. The Labute approximate surface area is 139 Å². The van der Waals surface area contributed by atoms with Gasteiger partial charge in [-0.05, 0) is 25.8 Å². The van der Waals surface area contributed by atoms with Crippen LogP contribution in [0.5, 0.6) is 0 Å². The normalized spacial score (nSPS) is 11.5. The number of benzene rings is 1. The van der Waals surface area contributed by atoms with Gasteiger partial charge in [0.2, 0.25) is 0 Å². The zero-order valence-electron chi connectivity index (χ0n) is 13.8. The molecule has 120 valence electrons. The van der Waals surface area contributed by atoms with Crippen molar-refractivity contribution in [2.45, 2.75) is 40.2 Å². The fourth-order valence-corrected chi connectivity index (χ4v) is 4.16. The molecule has 0 aliphatic heterocycles. The lowest BCUT2D eigenvalue weighted by atomic mass is 10.0. The first-order valence-corrected chi connectivity index (χ1v) is 8.59. The van der Waals surface area contributed by atoms with Crippen LogP contribution >= 0.6 is 11.3 Å². The number of carboxylic acid groups (broad SMARTS) is 1. The second-order valence-electron chi connectivity index (χ2n) is 5.92. The summed E-state index contributed by atoms with van der Waals surface area (Å²) in [4.78, 5) is 16.3. The fourth-order valence-electron chi connectivity index (χ4n) is 3.19. The Morgan fingerprint density at radius 3 is 2.61 bits per heavy atom.